The number of rotatable bonds is 5. The number of anilines is 1. The first-order valence-electron chi connectivity index (χ1n) is 8.17. The molecule has 28 heavy (non-hydrogen) atoms. The van der Waals surface area contributed by atoms with E-state index in [0.29, 0.717) is 17.3 Å². The first-order valence-corrected chi connectivity index (χ1v) is 8.17. The summed E-state index contributed by atoms with van der Waals surface area (Å²) in [6.45, 7) is 2.58. The number of nitrogens with zero attached hydrogens (tertiary/aromatic N) is 3. The minimum absolute atomic E-state index is 0.0647. The number of pyridine rings is 1. The van der Waals surface area contributed by atoms with E-state index in [4.69, 9.17) is 0 Å². The molecular formula is C18H15F5N4O. The molecule has 0 aliphatic carbocycles. The van der Waals surface area contributed by atoms with E-state index in [0.717, 1.165) is 4.68 Å². The van der Waals surface area contributed by atoms with E-state index >= 15 is 0 Å². The number of hydrogen-bond acceptors (Lipinski definition) is 3. The average molecular weight is 398 g/mol. The van der Waals surface area contributed by atoms with Crippen LogP contribution in [0.3, 0.4) is 0 Å². The largest absolute Gasteiger partial charge is 0.324 e. The summed E-state index contributed by atoms with van der Waals surface area (Å²) in [5, 5.41) is 6.49. The lowest BCUT2D eigenvalue weighted by atomic mass is 10.1. The molecule has 0 aliphatic heterocycles. The van der Waals surface area contributed by atoms with Crippen LogP contribution in [0.15, 0.2) is 24.3 Å². The predicted molar refractivity (Wildman–Crippen MR) is 91.9 cm³/mol. The third-order valence-corrected chi connectivity index (χ3v) is 4.14. The van der Waals surface area contributed by atoms with Crippen LogP contribution in [-0.4, -0.2) is 20.7 Å². The normalized spacial score (nSPS) is 11.6. The molecule has 0 saturated carbocycles. The van der Waals surface area contributed by atoms with Crippen molar-refractivity contribution in [1.29, 1.82) is 0 Å². The van der Waals surface area contributed by atoms with Crippen LogP contribution in [0.1, 0.15) is 35.4 Å². The van der Waals surface area contributed by atoms with Crippen molar-refractivity contribution in [3.8, 4) is 0 Å². The number of aryl methyl sites for hydroxylation is 2. The number of hydrogen-bond donors (Lipinski definition) is 1. The fourth-order valence-electron chi connectivity index (χ4n) is 2.89. The van der Waals surface area contributed by atoms with Crippen molar-refractivity contribution >= 4 is 22.6 Å². The molecular weight excluding hydrogens is 383 g/mol. The van der Waals surface area contributed by atoms with Gasteiger partial charge in [-0.1, -0.05) is 0 Å². The van der Waals surface area contributed by atoms with Crippen LogP contribution < -0.4 is 5.32 Å². The highest BCUT2D eigenvalue weighted by Gasteiger charge is 2.24. The minimum Gasteiger partial charge on any atom is -0.324 e. The van der Waals surface area contributed by atoms with Crippen LogP contribution in [-0.2, 0) is 11.3 Å². The molecule has 0 saturated heterocycles. The molecule has 2 heterocycles. The van der Waals surface area contributed by atoms with Crippen LogP contribution in [0.2, 0.25) is 0 Å². The van der Waals surface area contributed by atoms with E-state index in [9.17, 15) is 26.7 Å². The SMILES string of the molecule is Cc1cc(F)ccc1NC(=O)Cn1nc(C)c2c(C(F)F)cc(C(F)F)nc21. The van der Waals surface area contributed by atoms with Gasteiger partial charge in [0.2, 0.25) is 5.91 Å². The molecule has 148 valence electrons. The molecule has 1 aromatic carbocycles. The molecule has 1 amide bonds. The number of carbonyl (C=O) groups is 1. The van der Waals surface area contributed by atoms with Crippen LogP contribution in [0.25, 0.3) is 11.0 Å². The second kappa shape index (κ2) is 7.53. The maximum Gasteiger partial charge on any atom is 0.280 e. The molecule has 3 aromatic rings. The number of amides is 1. The maximum atomic E-state index is 13.3. The van der Waals surface area contributed by atoms with E-state index < -0.39 is 42.4 Å². The van der Waals surface area contributed by atoms with Crippen molar-refractivity contribution in [3.05, 3.63) is 52.6 Å². The Hall–Kier alpha value is -3.04. The Labute approximate surface area is 156 Å². The molecule has 0 bridgehead atoms. The van der Waals surface area contributed by atoms with Crippen molar-refractivity contribution in [3.63, 3.8) is 0 Å². The summed E-state index contributed by atoms with van der Waals surface area (Å²) in [6, 6.07) is 4.42. The maximum absolute atomic E-state index is 13.3. The summed E-state index contributed by atoms with van der Waals surface area (Å²) >= 11 is 0. The zero-order valence-electron chi connectivity index (χ0n) is 14.8. The van der Waals surface area contributed by atoms with Crippen LogP contribution in [0.5, 0.6) is 0 Å². The van der Waals surface area contributed by atoms with Gasteiger partial charge in [0, 0.05) is 11.3 Å². The molecule has 10 heteroatoms. The summed E-state index contributed by atoms with van der Waals surface area (Å²) in [6.07, 6.45) is -6.06. The Bertz CT molecular complexity index is 1050. The highest BCUT2D eigenvalue weighted by molar-refractivity contribution is 5.92. The third-order valence-electron chi connectivity index (χ3n) is 4.14. The molecule has 1 N–H and O–H groups in total. The fraction of sp³-hybridized carbons (Fsp3) is 0.278. The monoisotopic (exact) mass is 398 g/mol. The van der Waals surface area contributed by atoms with Crippen molar-refractivity contribution in [2.45, 2.75) is 33.2 Å². The van der Waals surface area contributed by atoms with Crippen molar-refractivity contribution < 1.29 is 26.7 Å². The second-order valence-electron chi connectivity index (χ2n) is 6.19. The van der Waals surface area contributed by atoms with Gasteiger partial charge < -0.3 is 5.32 Å². The first kappa shape index (κ1) is 19.7. The van der Waals surface area contributed by atoms with E-state index in [1.807, 2.05) is 0 Å². The molecule has 0 spiro atoms. The molecule has 2 aromatic heterocycles. The summed E-state index contributed by atoms with van der Waals surface area (Å²) < 4.78 is 66.9. The standard InChI is InChI=1S/C18H15F5N4O/c1-8-5-10(19)3-4-12(8)24-14(28)7-27-18-15(9(2)26-27)11(16(20)21)6-13(25-18)17(22)23/h3-6,16-17H,7H2,1-2H3,(H,24,28). The van der Waals surface area contributed by atoms with Gasteiger partial charge in [-0.15, -0.1) is 0 Å². The lowest BCUT2D eigenvalue weighted by Gasteiger charge is -2.10. The van der Waals surface area contributed by atoms with E-state index in [2.05, 4.69) is 15.4 Å². The summed E-state index contributed by atoms with van der Waals surface area (Å²) in [5.74, 6) is -1.06. The quantitative estimate of drug-likeness (QED) is 0.634. The molecule has 0 aliphatic rings. The Balaban J connectivity index is 1.97. The molecule has 0 atom stereocenters. The van der Waals surface area contributed by atoms with Gasteiger partial charge in [-0.25, -0.2) is 31.6 Å². The van der Waals surface area contributed by atoms with Crippen LogP contribution >= 0.6 is 0 Å². The smallest absolute Gasteiger partial charge is 0.280 e. The van der Waals surface area contributed by atoms with Crippen molar-refractivity contribution in [2.24, 2.45) is 0 Å². The van der Waals surface area contributed by atoms with Crippen LogP contribution in [0.4, 0.5) is 27.6 Å². The molecule has 5 nitrogen and oxygen atoms in total. The highest BCUT2D eigenvalue weighted by Crippen LogP contribution is 2.32. The summed E-state index contributed by atoms with van der Waals surface area (Å²) in [7, 11) is 0. The van der Waals surface area contributed by atoms with Gasteiger partial charge in [0.05, 0.1) is 11.1 Å². The van der Waals surface area contributed by atoms with E-state index in [-0.39, 0.29) is 16.7 Å². The Morgan fingerprint density at radius 2 is 1.86 bits per heavy atom. The average Bonchev–Trinajstić information content (AvgIpc) is 2.92. The lowest BCUT2D eigenvalue weighted by molar-refractivity contribution is -0.116. The van der Waals surface area contributed by atoms with Gasteiger partial charge in [0.1, 0.15) is 18.1 Å². The zero-order valence-corrected chi connectivity index (χ0v) is 14.8. The number of benzene rings is 1. The van der Waals surface area contributed by atoms with E-state index in [1.165, 1.54) is 25.1 Å². The van der Waals surface area contributed by atoms with Gasteiger partial charge in [-0.2, -0.15) is 5.10 Å². The van der Waals surface area contributed by atoms with Gasteiger partial charge in [0.15, 0.2) is 5.65 Å². The predicted octanol–water partition coefficient (Wildman–Crippen LogP) is 4.70. The first-order chi connectivity index (χ1) is 13.2. The fourth-order valence-corrected chi connectivity index (χ4v) is 2.89. The van der Waals surface area contributed by atoms with Gasteiger partial charge in [-0.05, 0) is 43.7 Å². The van der Waals surface area contributed by atoms with Gasteiger partial charge in [-0.3, -0.25) is 4.79 Å². The lowest BCUT2D eigenvalue weighted by Crippen LogP contribution is -2.20. The van der Waals surface area contributed by atoms with Crippen molar-refractivity contribution in [1.82, 2.24) is 14.8 Å². The minimum atomic E-state index is -3.05. The zero-order chi connectivity index (χ0) is 20.6. The number of aromatic nitrogens is 3. The van der Waals surface area contributed by atoms with Crippen molar-refractivity contribution in [2.75, 3.05) is 5.32 Å². The van der Waals surface area contributed by atoms with Crippen LogP contribution in [0, 0.1) is 19.7 Å². The number of carbonyl (C=O) groups excluding carboxylic acids is 1. The van der Waals surface area contributed by atoms with Gasteiger partial charge >= 0.3 is 0 Å². The molecule has 0 radical (unpaired) electrons. The Morgan fingerprint density at radius 3 is 2.46 bits per heavy atom. The number of alkyl halides is 4. The topological polar surface area (TPSA) is 59.8 Å². The molecule has 0 unspecified atom stereocenters. The summed E-state index contributed by atoms with van der Waals surface area (Å²) in [5.41, 5.74) is -0.680. The number of nitrogens with one attached hydrogen (secondary N) is 1. The molecule has 3 rings (SSSR count). The highest BCUT2D eigenvalue weighted by atomic mass is 19.3. The Morgan fingerprint density at radius 1 is 1.14 bits per heavy atom. The number of fused-ring (bicyclic) bond motifs is 1. The van der Waals surface area contributed by atoms with E-state index in [1.54, 1.807) is 6.92 Å². The summed E-state index contributed by atoms with van der Waals surface area (Å²) in [4.78, 5) is 16.0. The molecule has 0 fully saturated rings. The second-order valence-corrected chi connectivity index (χ2v) is 6.19. The third kappa shape index (κ3) is 3.80. The number of halogens is 5. The Kier molecular flexibility index (Phi) is 5.30. The van der Waals surface area contributed by atoms with Gasteiger partial charge in [0.25, 0.3) is 12.9 Å².